The Labute approximate surface area is 113 Å². The first kappa shape index (κ1) is 14.1. The number of benzene rings is 1. The minimum Gasteiger partial charge on any atom is -0.454 e. The summed E-state index contributed by atoms with van der Waals surface area (Å²) >= 11 is 0. The first-order valence-electron chi connectivity index (χ1n) is 6.08. The van der Waals surface area contributed by atoms with E-state index in [1.165, 1.54) is 6.26 Å². The fourth-order valence-electron chi connectivity index (χ4n) is 1.69. The lowest BCUT2D eigenvalue weighted by Gasteiger charge is -2.22. The van der Waals surface area contributed by atoms with Gasteiger partial charge in [0.05, 0.1) is 4.75 Å². The molecule has 1 aromatic rings. The highest BCUT2D eigenvalue weighted by Crippen LogP contribution is 2.32. The average molecular weight is 285 g/mol. The fraction of sp³-hybridized carbons (Fsp3) is 0.538. The van der Waals surface area contributed by atoms with Crippen LogP contribution in [0.15, 0.2) is 18.2 Å². The molecule has 0 aromatic heterocycles. The van der Waals surface area contributed by atoms with Gasteiger partial charge < -0.3 is 14.8 Å². The van der Waals surface area contributed by atoms with Crippen LogP contribution in [0.25, 0.3) is 0 Å². The van der Waals surface area contributed by atoms with E-state index in [9.17, 15) is 8.42 Å². The SMILES string of the molecule is CC(C)(CNCc1ccc2c(c1)OCO2)S(C)(=O)=O. The van der Waals surface area contributed by atoms with E-state index in [2.05, 4.69) is 5.32 Å². The summed E-state index contributed by atoms with van der Waals surface area (Å²) in [5, 5.41) is 3.16. The van der Waals surface area contributed by atoms with Gasteiger partial charge in [-0.2, -0.15) is 0 Å². The molecule has 5 nitrogen and oxygen atoms in total. The topological polar surface area (TPSA) is 64.6 Å². The number of sulfone groups is 1. The Morgan fingerprint density at radius 3 is 2.63 bits per heavy atom. The maximum absolute atomic E-state index is 11.6. The molecule has 0 amide bonds. The molecule has 0 atom stereocenters. The number of hydrogen-bond donors (Lipinski definition) is 1. The molecule has 1 heterocycles. The molecule has 1 aliphatic rings. The Morgan fingerprint density at radius 2 is 1.95 bits per heavy atom. The van der Waals surface area contributed by atoms with E-state index in [1.54, 1.807) is 13.8 Å². The molecule has 1 aliphatic heterocycles. The highest BCUT2D eigenvalue weighted by Gasteiger charge is 2.29. The second-order valence-electron chi connectivity index (χ2n) is 5.32. The minimum atomic E-state index is -3.07. The van der Waals surface area contributed by atoms with Gasteiger partial charge in [0.1, 0.15) is 0 Å². The second kappa shape index (κ2) is 5.02. The standard InChI is InChI=1S/C13H19NO4S/c1-13(2,19(3,15)16)8-14-7-10-4-5-11-12(6-10)18-9-17-11/h4-6,14H,7-9H2,1-3H3. The van der Waals surface area contributed by atoms with Gasteiger partial charge in [-0.15, -0.1) is 0 Å². The van der Waals surface area contributed by atoms with Crippen LogP contribution >= 0.6 is 0 Å². The van der Waals surface area contributed by atoms with Gasteiger partial charge >= 0.3 is 0 Å². The number of hydrogen-bond acceptors (Lipinski definition) is 5. The summed E-state index contributed by atoms with van der Waals surface area (Å²) < 4.78 is 32.9. The van der Waals surface area contributed by atoms with Crippen LogP contribution in [0, 0.1) is 0 Å². The van der Waals surface area contributed by atoms with Crippen molar-refractivity contribution in [2.24, 2.45) is 0 Å². The van der Waals surface area contributed by atoms with Crippen LogP contribution in [-0.4, -0.2) is 32.8 Å². The average Bonchev–Trinajstić information content (AvgIpc) is 2.74. The number of fused-ring (bicyclic) bond motifs is 1. The van der Waals surface area contributed by atoms with Crippen LogP contribution in [0.4, 0.5) is 0 Å². The van der Waals surface area contributed by atoms with Crippen LogP contribution in [0.5, 0.6) is 11.5 Å². The molecule has 0 unspecified atom stereocenters. The van der Waals surface area contributed by atoms with Gasteiger partial charge in [0.15, 0.2) is 21.3 Å². The molecule has 0 spiro atoms. The first-order chi connectivity index (χ1) is 8.79. The minimum absolute atomic E-state index is 0.257. The summed E-state index contributed by atoms with van der Waals surface area (Å²) in [7, 11) is -3.07. The smallest absolute Gasteiger partial charge is 0.231 e. The van der Waals surface area contributed by atoms with E-state index in [1.807, 2.05) is 18.2 Å². The quantitative estimate of drug-likeness (QED) is 0.884. The Kier molecular flexibility index (Phi) is 3.73. The largest absolute Gasteiger partial charge is 0.454 e. The third kappa shape index (κ3) is 3.19. The molecule has 106 valence electrons. The maximum atomic E-state index is 11.6. The summed E-state index contributed by atoms with van der Waals surface area (Å²) in [6, 6.07) is 5.71. The predicted molar refractivity (Wildman–Crippen MR) is 73.2 cm³/mol. The van der Waals surface area contributed by atoms with Gasteiger partial charge in [-0.25, -0.2) is 8.42 Å². The van der Waals surface area contributed by atoms with Crippen molar-refractivity contribution < 1.29 is 17.9 Å². The highest BCUT2D eigenvalue weighted by atomic mass is 32.2. The Balaban J connectivity index is 1.93. The van der Waals surface area contributed by atoms with Crippen molar-refractivity contribution >= 4 is 9.84 Å². The van der Waals surface area contributed by atoms with E-state index < -0.39 is 14.6 Å². The number of nitrogens with one attached hydrogen (secondary N) is 1. The molecule has 0 fully saturated rings. The van der Waals surface area contributed by atoms with Crippen LogP contribution in [-0.2, 0) is 16.4 Å². The van der Waals surface area contributed by atoms with Crippen molar-refractivity contribution in [2.45, 2.75) is 25.1 Å². The maximum Gasteiger partial charge on any atom is 0.231 e. The van der Waals surface area contributed by atoms with Crippen molar-refractivity contribution in [2.75, 3.05) is 19.6 Å². The normalized spacial score (nSPS) is 14.7. The molecule has 1 aromatic carbocycles. The van der Waals surface area contributed by atoms with Crippen molar-refractivity contribution in [3.63, 3.8) is 0 Å². The van der Waals surface area contributed by atoms with Gasteiger partial charge in [0, 0.05) is 19.3 Å². The van der Waals surface area contributed by atoms with Gasteiger partial charge in [-0.3, -0.25) is 0 Å². The molecule has 0 saturated carbocycles. The first-order valence-corrected chi connectivity index (χ1v) is 7.97. The molecule has 6 heteroatoms. The summed E-state index contributed by atoms with van der Waals surface area (Å²) in [4.78, 5) is 0. The van der Waals surface area contributed by atoms with E-state index in [-0.39, 0.29) is 6.79 Å². The summed E-state index contributed by atoms with van der Waals surface area (Å²) in [6.45, 7) is 4.69. The van der Waals surface area contributed by atoms with Crippen LogP contribution < -0.4 is 14.8 Å². The molecule has 0 saturated heterocycles. The number of rotatable bonds is 5. The van der Waals surface area contributed by atoms with Crippen LogP contribution in [0.3, 0.4) is 0 Å². The van der Waals surface area contributed by atoms with E-state index in [4.69, 9.17) is 9.47 Å². The lowest BCUT2D eigenvalue weighted by molar-refractivity contribution is 0.174. The zero-order valence-corrected chi connectivity index (χ0v) is 12.2. The zero-order chi connectivity index (χ0) is 14.1. The lowest BCUT2D eigenvalue weighted by atomic mass is 10.1. The lowest BCUT2D eigenvalue weighted by Crippen LogP contribution is -2.41. The molecule has 0 radical (unpaired) electrons. The predicted octanol–water partition coefficient (Wildman–Crippen LogP) is 1.33. The van der Waals surface area contributed by atoms with Gasteiger partial charge in [-0.1, -0.05) is 6.07 Å². The summed E-state index contributed by atoms with van der Waals surface area (Å²) in [6.07, 6.45) is 1.26. The van der Waals surface area contributed by atoms with E-state index in [0.717, 1.165) is 17.1 Å². The fourth-order valence-corrected chi connectivity index (χ4v) is 2.05. The third-order valence-electron chi connectivity index (χ3n) is 3.32. The molecule has 1 N–H and O–H groups in total. The van der Waals surface area contributed by atoms with Gasteiger partial charge in [-0.05, 0) is 31.5 Å². The molecule has 0 bridgehead atoms. The molecule has 2 rings (SSSR count). The molecule has 19 heavy (non-hydrogen) atoms. The van der Waals surface area contributed by atoms with E-state index in [0.29, 0.717) is 13.1 Å². The molecular weight excluding hydrogens is 266 g/mol. The third-order valence-corrected chi connectivity index (χ3v) is 5.47. The second-order valence-corrected chi connectivity index (χ2v) is 7.97. The Hall–Kier alpha value is -1.27. The number of ether oxygens (including phenoxy) is 2. The van der Waals surface area contributed by atoms with Crippen molar-refractivity contribution in [1.82, 2.24) is 5.32 Å². The van der Waals surface area contributed by atoms with Crippen molar-refractivity contribution in [3.8, 4) is 11.5 Å². The zero-order valence-electron chi connectivity index (χ0n) is 11.4. The molecular formula is C13H19NO4S. The van der Waals surface area contributed by atoms with Gasteiger partial charge in [0.2, 0.25) is 6.79 Å². The highest BCUT2D eigenvalue weighted by molar-refractivity contribution is 7.92. The van der Waals surface area contributed by atoms with Crippen molar-refractivity contribution in [3.05, 3.63) is 23.8 Å². The van der Waals surface area contributed by atoms with Crippen molar-refractivity contribution in [1.29, 1.82) is 0 Å². The Morgan fingerprint density at radius 1 is 1.26 bits per heavy atom. The van der Waals surface area contributed by atoms with Gasteiger partial charge in [0.25, 0.3) is 0 Å². The summed E-state index contributed by atoms with van der Waals surface area (Å²) in [5.41, 5.74) is 1.04. The monoisotopic (exact) mass is 285 g/mol. The summed E-state index contributed by atoms with van der Waals surface area (Å²) in [5.74, 6) is 1.49. The van der Waals surface area contributed by atoms with Crippen LogP contribution in [0.2, 0.25) is 0 Å². The van der Waals surface area contributed by atoms with E-state index >= 15 is 0 Å². The molecule has 0 aliphatic carbocycles. The Bertz CT molecular complexity index is 566. The van der Waals surface area contributed by atoms with Crippen LogP contribution in [0.1, 0.15) is 19.4 Å².